The minimum Gasteiger partial charge on any atom is -0.456 e. The lowest BCUT2D eigenvalue weighted by Crippen LogP contribution is -2.44. The largest absolute Gasteiger partial charge is 0.495 e. The first kappa shape index (κ1) is 20.0. The van der Waals surface area contributed by atoms with Gasteiger partial charge in [0.1, 0.15) is 11.2 Å². The van der Waals surface area contributed by atoms with Crippen LogP contribution >= 0.6 is 11.6 Å². The van der Waals surface area contributed by atoms with Crippen LogP contribution in [0.1, 0.15) is 27.7 Å². The third-order valence-corrected chi connectivity index (χ3v) is 5.96. The van der Waals surface area contributed by atoms with Crippen LogP contribution in [0.4, 0.5) is 0 Å². The molecule has 4 aromatic rings. The molecule has 4 rings (SSSR count). The summed E-state index contributed by atoms with van der Waals surface area (Å²) in [6.45, 7) is 8.06. The van der Waals surface area contributed by atoms with Gasteiger partial charge in [0, 0.05) is 21.3 Å². The van der Waals surface area contributed by atoms with Gasteiger partial charge in [0.2, 0.25) is 0 Å². The van der Waals surface area contributed by atoms with Crippen molar-refractivity contribution in [2.24, 2.45) is 5.92 Å². The predicted molar refractivity (Wildman–Crippen MR) is 122 cm³/mol. The molecule has 1 N–H and O–H groups in total. The molecule has 1 heterocycles. The molecule has 1 aromatic heterocycles. The summed E-state index contributed by atoms with van der Waals surface area (Å²) in [6.07, 6.45) is 0. The van der Waals surface area contributed by atoms with E-state index in [4.69, 9.17) is 20.7 Å². The second kappa shape index (κ2) is 7.53. The summed E-state index contributed by atoms with van der Waals surface area (Å²) < 4.78 is 12.2. The van der Waals surface area contributed by atoms with Crippen molar-refractivity contribution in [2.45, 2.75) is 33.3 Å². The predicted octanol–water partition coefficient (Wildman–Crippen LogP) is 6.05. The van der Waals surface area contributed by atoms with E-state index in [9.17, 15) is 5.02 Å². The molecule has 0 radical (unpaired) electrons. The summed E-state index contributed by atoms with van der Waals surface area (Å²) in [5, 5.41) is 13.2. The van der Waals surface area contributed by atoms with E-state index in [-0.39, 0.29) is 5.92 Å². The van der Waals surface area contributed by atoms with Gasteiger partial charge in [0.25, 0.3) is 0 Å². The van der Waals surface area contributed by atoms with Gasteiger partial charge in [-0.25, -0.2) is 0 Å². The summed E-state index contributed by atoms with van der Waals surface area (Å²) in [5.74, 6) is 0.232. The molecule has 29 heavy (non-hydrogen) atoms. The van der Waals surface area contributed by atoms with Crippen LogP contribution in [-0.2, 0) is 4.65 Å². The third-order valence-electron chi connectivity index (χ3n) is 5.75. The monoisotopic (exact) mass is 406 g/mol. The maximum atomic E-state index is 10.8. The molecule has 0 unspecified atom stereocenters. The number of hydrogen-bond donors (Lipinski definition) is 1. The highest BCUT2D eigenvalue weighted by Crippen LogP contribution is 2.33. The summed E-state index contributed by atoms with van der Waals surface area (Å²) in [5.41, 5.74) is 3.58. The van der Waals surface area contributed by atoms with Gasteiger partial charge >= 0.3 is 7.12 Å². The smallest absolute Gasteiger partial charge is 0.456 e. The van der Waals surface area contributed by atoms with E-state index in [0.717, 1.165) is 27.5 Å². The molecule has 0 aliphatic rings. The van der Waals surface area contributed by atoms with Crippen LogP contribution in [0.3, 0.4) is 0 Å². The number of rotatable bonds is 5. The van der Waals surface area contributed by atoms with Crippen LogP contribution in [-0.4, -0.2) is 17.7 Å². The van der Waals surface area contributed by atoms with Crippen molar-refractivity contribution in [3.63, 3.8) is 0 Å². The van der Waals surface area contributed by atoms with E-state index in [1.165, 1.54) is 0 Å². The molecular weight excluding hydrogens is 383 g/mol. The molecule has 0 atom stereocenters. The van der Waals surface area contributed by atoms with E-state index in [1.807, 2.05) is 50.2 Å². The molecule has 3 aromatic carbocycles. The van der Waals surface area contributed by atoms with Crippen molar-refractivity contribution in [1.82, 2.24) is 0 Å². The Morgan fingerprint density at radius 2 is 1.69 bits per heavy atom. The number of furan rings is 1. The Morgan fingerprint density at radius 3 is 2.38 bits per heavy atom. The van der Waals surface area contributed by atoms with Gasteiger partial charge in [0.05, 0.1) is 5.60 Å². The minimum absolute atomic E-state index is 0.232. The molecule has 148 valence electrons. The van der Waals surface area contributed by atoms with Gasteiger partial charge in [0.15, 0.2) is 0 Å². The standard InChI is InChI=1S/C24H24BClO3/c1-15(2)24(3,4)29-25(27)21-14-18(26)13-20-19-11-10-17(12-22(19)28-23(20)21)16-8-6-5-7-9-16/h5-15,27H,1-4H3. The third kappa shape index (κ3) is 3.80. The van der Waals surface area contributed by atoms with Crippen LogP contribution in [0, 0.1) is 5.92 Å². The normalized spacial score (nSPS) is 12.2. The van der Waals surface area contributed by atoms with Crippen LogP contribution < -0.4 is 5.46 Å². The van der Waals surface area contributed by atoms with Gasteiger partial charge in [-0.15, -0.1) is 0 Å². The average Bonchev–Trinajstić information content (AvgIpc) is 3.05. The SMILES string of the molecule is CC(C)C(C)(C)OB(O)c1cc(Cl)cc2c1oc1cc(-c3ccccc3)ccc12. The van der Waals surface area contributed by atoms with E-state index in [2.05, 4.69) is 32.0 Å². The highest BCUT2D eigenvalue weighted by atomic mass is 35.5. The van der Waals surface area contributed by atoms with Crippen LogP contribution in [0.15, 0.2) is 65.1 Å². The molecule has 5 heteroatoms. The minimum atomic E-state index is -1.14. The van der Waals surface area contributed by atoms with Crippen LogP contribution in [0.2, 0.25) is 5.02 Å². The molecule has 0 aliphatic carbocycles. The number of hydrogen-bond acceptors (Lipinski definition) is 3. The van der Waals surface area contributed by atoms with Crippen molar-refractivity contribution < 1.29 is 14.1 Å². The Bertz CT molecular complexity index is 1170. The molecule has 0 saturated carbocycles. The van der Waals surface area contributed by atoms with Crippen molar-refractivity contribution in [2.75, 3.05) is 0 Å². The van der Waals surface area contributed by atoms with Gasteiger partial charge in [-0.1, -0.05) is 61.8 Å². The Labute approximate surface area is 176 Å². The van der Waals surface area contributed by atoms with Crippen molar-refractivity contribution in [1.29, 1.82) is 0 Å². The Kier molecular flexibility index (Phi) is 5.20. The van der Waals surface area contributed by atoms with Crippen LogP contribution in [0.25, 0.3) is 33.1 Å². The summed E-state index contributed by atoms with van der Waals surface area (Å²) in [4.78, 5) is 0. The van der Waals surface area contributed by atoms with Crippen molar-refractivity contribution >= 4 is 46.1 Å². The van der Waals surface area contributed by atoms with Gasteiger partial charge in [-0.3, -0.25) is 0 Å². The van der Waals surface area contributed by atoms with Gasteiger partial charge in [-0.05, 0) is 55.2 Å². The number of fused-ring (bicyclic) bond motifs is 3. The van der Waals surface area contributed by atoms with Crippen molar-refractivity contribution in [3.05, 3.63) is 65.7 Å². The zero-order valence-electron chi connectivity index (χ0n) is 17.1. The van der Waals surface area contributed by atoms with E-state index < -0.39 is 12.7 Å². The maximum Gasteiger partial charge on any atom is 0.495 e. The first-order valence-corrected chi connectivity index (χ1v) is 10.2. The molecule has 3 nitrogen and oxygen atoms in total. The Morgan fingerprint density at radius 1 is 0.966 bits per heavy atom. The van der Waals surface area contributed by atoms with Crippen molar-refractivity contribution in [3.8, 4) is 11.1 Å². The zero-order chi connectivity index (χ0) is 20.8. The molecule has 0 spiro atoms. The highest BCUT2D eigenvalue weighted by Gasteiger charge is 2.32. The summed E-state index contributed by atoms with van der Waals surface area (Å²) >= 11 is 6.38. The summed E-state index contributed by atoms with van der Waals surface area (Å²) in [7, 11) is -1.14. The van der Waals surface area contributed by atoms with E-state index in [0.29, 0.717) is 16.1 Å². The van der Waals surface area contributed by atoms with E-state index >= 15 is 0 Å². The molecule has 0 aliphatic heterocycles. The molecule has 0 saturated heterocycles. The van der Waals surface area contributed by atoms with Gasteiger partial charge in [-0.2, -0.15) is 0 Å². The molecule has 0 fully saturated rings. The summed E-state index contributed by atoms with van der Waals surface area (Å²) in [6, 6.07) is 19.9. The lowest BCUT2D eigenvalue weighted by Gasteiger charge is -2.31. The first-order chi connectivity index (χ1) is 13.8. The molecular formula is C24H24BClO3. The highest BCUT2D eigenvalue weighted by molar-refractivity contribution is 6.63. The molecule has 0 amide bonds. The lowest BCUT2D eigenvalue weighted by atomic mass is 9.76. The fourth-order valence-electron chi connectivity index (χ4n) is 3.35. The fraction of sp³-hybridized carbons (Fsp3) is 0.250. The van der Waals surface area contributed by atoms with Crippen LogP contribution in [0.5, 0.6) is 0 Å². The fourth-order valence-corrected chi connectivity index (χ4v) is 3.58. The van der Waals surface area contributed by atoms with E-state index in [1.54, 1.807) is 6.07 Å². The number of benzene rings is 3. The lowest BCUT2D eigenvalue weighted by molar-refractivity contribution is 0.0424. The average molecular weight is 407 g/mol. The van der Waals surface area contributed by atoms with Gasteiger partial charge < -0.3 is 14.1 Å². The second-order valence-corrected chi connectivity index (χ2v) is 8.72. The Hall–Kier alpha value is -2.27. The first-order valence-electron chi connectivity index (χ1n) is 9.83. The number of halogens is 1. The second-order valence-electron chi connectivity index (χ2n) is 8.28. The Balaban J connectivity index is 1.84. The zero-order valence-corrected chi connectivity index (χ0v) is 17.8. The maximum absolute atomic E-state index is 10.8. The quantitative estimate of drug-likeness (QED) is 0.410. The topological polar surface area (TPSA) is 42.6 Å². The molecule has 0 bridgehead atoms.